The van der Waals surface area contributed by atoms with Crippen LogP contribution < -0.4 is 5.32 Å². The Kier molecular flexibility index (Phi) is 8.72. The van der Waals surface area contributed by atoms with Gasteiger partial charge in [-0.05, 0) is 30.2 Å². The van der Waals surface area contributed by atoms with Crippen molar-refractivity contribution in [3.05, 3.63) is 49.8 Å². The molecule has 0 bridgehead atoms. The van der Waals surface area contributed by atoms with Gasteiger partial charge in [0.1, 0.15) is 9.88 Å². The number of carbonyl (C=O) groups excluding carboxylic acids is 3. The van der Waals surface area contributed by atoms with E-state index >= 15 is 0 Å². The molecule has 0 radical (unpaired) electrons. The smallest absolute Gasteiger partial charge is 0.348 e. The van der Waals surface area contributed by atoms with E-state index in [0.29, 0.717) is 35.2 Å². The van der Waals surface area contributed by atoms with Gasteiger partial charge in [0.15, 0.2) is 0 Å². The number of rotatable bonds is 7. The van der Waals surface area contributed by atoms with Crippen LogP contribution >= 0.6 is 34.5 Å². The first-order valence-electron chi connectivity index (χ1n) is 10.2. The minimum atomic E-state index is -0.622. The van der Waals surface area contributed by atoms with Gasteiger partial charge in [-0.25, -0.2) is 9.59 Å². The number of piperazine rings is 1. The number of nitrogens with zero attached hydrogens (tertiary/aromatic N) is 2. The first-order valence-corrected chi connectivity index (χ1v) is 11.8. The predicted octanol–water partition coefficient (Wildman–Crippen LogP) is 3.69. The van der Waals surface area contributed by atoms with Crippen LogP contribution in [0.1, 0.15) is 31.2 Å². The van der Waals surface area contributed by atoms with Crippen LogP contribution in [-0.2, 0) is 20.8 Å². The van der Waals surface area contributed by atoms with Crippen LogP contribution in [0.4, 0.5) is 5.00 Å². The van der Waals surface area contributed by atoms with E-state index in [-0.39, 0.29) is 27.9 Å². The highest BCUT2D eigenvalue weighted by atomic mass is 35.5. The quantitative estimate of drug-likeness (QED) is 0.564. The van der Waals surface area contributed by atoms with Crippen LogP contribution in [0.2, 0.25) is 10.0 Å². The van der Waals surface area contributed by atoms with Gasteiger partial charge < -0.3 is 14.8 Å². The van der Waals surface area contributed by atoms with Gasteiger partial charge in [0, 0.05) is 42.8 Å². The molecule has 11 heteroatoms. The summed E-state index contributed by atoms with van der Waals surface area (Å²) in [6.45, 7) is 5.48. The van der Waals surface area contributed by atoms with Gasteiger partial charge in [-0.2, -0.15) is 0 Å². The number of amides is 1. The van der Waals surface area contributed by atoms with Gasteiger partial charge in [-0.1, -0.05) is 29.3 Å². The van der Waals surface area contributed by atoms with Gasteiger partial charge in [-0.3, -0.25) is 14.6 Å². The molecule has 0 saturated carbocycles. The van der Waals surface area contributed by atoms with Crippen molar-refractivity contribution < 1.29 is 23.9 Å². The Morgan fingerprint density at radius 1 is 1.03 bits per heavy atom. The van der Waals surface area contributed by atoms with E-state index < -0.39 is 11.9 Å². The number of anilines is 1. The lowest BCUT2D eigenvalue weighted by Gasteiger charge is -2.34. The highest BCUT2D eigenvalue weighted by Crippen LogP contribution is 2.34. The monoisotopic (exact) mass is 513 g/mol. The second kappa shape index (κ2) is 11.3. The molecule has 0 spiro atoms. The molecule has 3 rings (SSSR count). The van der Waals surface area contributed by atoms with Gasteiger partial charge in [0.25, 0.3) is 0 Å². The van der Waals surface area contributed by atoms with Crippen molar-refractivity contribution in [2.75, 3.05) is 52.3 Å². The molecular weight excluding hydrogens is 489 g/mol. The number of halogens is 2. The predicted molar refractivity (Wildman–Crippen MR) is 129 cm³/mol. The Hall–Kier alpha value is -2.17. The number of hydrogen-bond donors (Lipinski definition) is 1. The summed E-state index contributed by atoms with van der Waals surface area (Å²) in [6, 6.07) is 5.48. The van der Waals surface area contributed by atoms with Crippen LogP contribution in [0.5, 0.6) is 0 Å². The fourth-order valence-electron chi connectivity index (χ4n) is 3.60. The van der Waals surface area contributed by atoms with Crippen molar-refractivity contribution in [2.24, 2.45) is 0 Å². The molecule has 1 aliphatic rings. The van der Waals surface area contributed by atoms with Crippen LogP contribution in [-0.4, -0.2) is 74.6 Å². The summed E-state index contributed by atoms with van der Waals surface area (Å²) >= 11 is 13.2. The average Bonchev–Trinajstić information content (AvgIpc) is 3.11. The van der Waals surface area contributed by atoms with E-state index in [9.17, 15) is 14.4 Å². The summed E-state index contributed by atoms with van der Waals surface area (Å²) in [4.78, 5) is 41.5. The average molecular weight is 514 g/mol. The van der Waals surface area contributed by atoms with E-state index in [0.717, 1.165) is 30.0 Å². The van der Waals surface area contributed by atoms with Crippen molar-refractivity contribution in [3.8, 4) is 0 Å². The highest BCUT2D eigenvalue weighted by Gasteiger charge is 2.27. The minimum absolute atomic E-state index is 0.167. The van der Waals surface area contributed by atoms with Crippen LogP contribution in [0.3, 0.4) is 0 Å². The fraction of sp³-hybridized carbons (Fsp3) is 0.409. The van der Waals surface area contributed by atoms with Crippen LogP contribution in [0.25, 0.3) is 0 Å². The van der Waals surface area contributed by atoms with Crippen molar-refractivity contribution in [3.63, 3.8) is 0 Å². The molecule has 1 fully saturated rings. The number of benzene rings is 1. The molecule has 2 heterocycles. The van der Waals surface area contributed by atoms with Gasteiger partial charge >= 0.3 is 11.9 Å². The third-order valence-corrected chi connectivity index (χ3v) is 7.18. The highest BCUT2D eigenvalue weighted by molar-refractivity contribution is 7.18. The Morgan fingerprint density at radius 2 is 1.67 bits per heavy atom. The van der Waals surface area contributed by atoms with E-state index in [1.807, 2.05) is 17.0 Å². The maximum absolute atomic E-state index is 12.7. The molecule has 8 nitrogen and oxygen atoms in total. The second-order valence-electron chi connectivity index (χ2n) is 7.58. The largest absolute Gasteiger partial charge is 0.465 e. The normalized spacial score (nSPS) is 14.7. The third-order valence-electron chi connectivity index (χ3n) is 5.40. The summed E-state index contributed by atoms with van der Waals surface area (Å²) in [7, 11) is 2.51. The molecule has 178 valence electrons. The molecule has 1 N–H and O–H groups in total. The molecule has 2 aromatic rings. The zero-order valence-corrected chi connectivity index (χ0v) is 20.9. The zero-order chi connectivity index (χ0) is 24.1. The van der Waals surface area contributed by atoms with E-state index in [1.54, 1.807) is 13.0 Å². The van der Waals surface area contributed by atoms with Crippen molar-refractivity contribution in [2.45, 2.75) is 13.5 Å². The maximum atomic E-state index is 12.7. The number of nitrogens with one attached hydrogen (secondary N) is 1. The fourth-order valence-corrected chi connectivity index (χ4v) is 5.20. The number of thiophene rings is 1. The number of hydrogen-bond acceptors (Lipinski definition) is 8. The Balaban J connectivity index is 1.58. The molecule has 0 aliphatic carbocycles. The lowest BCUT2D eigenvalue weighted by Crippen LogP contribution is -2.48. The maximum Gasteiger partial charge on any atom is 0.348 e. The lowest BCUT2D eigenvalue weighted by molar-refractivity contribution is -0.117. The minimum Gasteiger partial charge on any atom is -0.465 e. The van der Waals surface area contributed by atoms with Crippen molar-refractivity contribution >= 4 is 57.4 Å². The molecular formula is C22H25Cl2N3O5S. The lowest BCUT2D eigenvalue weighted by atomic mass is 10.1. The third kappa shape index (κ3) is 6.24. The van der Waals surface area contributed by atoms with Crippen molar-refractivity contribution in [1.29, 1.82) is 0 Å². The molecule has 1 aromatic heterocycles. The summed E-state index contributed by atoms with van der Waals surface area (Å²) < 4.78 is 9.59. The Bertz CT molecular complexity index is 1050. The molecule has 0 atom stereocenters. The van der Waals surface area contributed by atoms with Crippen LogP contribution in [0, 0.1) is 6.92 Å². The first kappa shape index (κ1) is 25.5. The number of carbonyl (C=O) groups is 3. The van der Waals surface area contributed by atoms with Gasteiger partial charge in [0.2, 0.25) is 5.91 Å². The molecule has 33 heavy (non-hydrogen) atoms. The van der Waals surface area contributed by atoms with Gasteiger partial charge in [-0.15, -0.1) is 11.3 Å². The molecule has 1 aliphatic heterocycles. The second-order valence-corrected chi connectivity index (χ2v) is 9.44. The van der Waals surface area contributed by atoms with E-state index in [2.05, 4.69) is 10.2 Å². The summed E-state index contributed by atoms with van der Waals surface area (Å²) in [5, 5.41) is 4.29. The van der Waals surface area contributed by atoms with Crippen molar-refractivity contribution in [1.82, 2.24) is 9.80 Å². The summed E-state index contributed by atoms with van der Waals surface area (Å²) in [5.41, 5.74) is 1.60. The standard InChI is InChI=1S/C22H25Cl2N3O5S/c1-13-18(21(29)31-2)20(33-19(13)22(30)32-3)25-17(28)12-27-8-6-26(7-9-27)11-14-4-5-15(23)10-16(14)24/h4-5,10H,6-9,11-12H2,1-3H3,(H,25,28). The molecule has 1 amide bonds. The number of esters is 2. The molecule has 1 aromatic carbocycles. The summed E-state index contributed by atoms with van der Waals surface area (Å²) in [5.74, 6) is -1.46. The van der Waals surface area contributed by atoms with Gasteiger partial charge in [0.05, 0.1) is 26.3 Å². The van der Waals surface area contributed by atoms with E-state index in [4.69, 9.17) is 32.7 Å². The zero-order valence-electron chi connectivity index (χ0n) is 18.6. The Morgan fingerprint density at radius 3 is 2.27 bits per heavy atom. The topological polar surface area (TPSA) is 88.2 Å². The number of methoxy groups -OCH3 is 2. The summed E-state index contributed by atoms with van der Waals surface area (Å²) in [6.07, 6.45) is 0. The first-order chi connectivity index (χ1) is 15.7. The van der Waals surface area contributed by atoms with E-state index in [1.165, 1.54) is 14.2 Å². The number of ether oxygens (including phenoxy) is 2. The molecule has 1 saturated heterocycles. The molecule has 0 unspecified atom stereocenters. The SMILES string of the molecule is COC(=O)c1sc(NC(=O)CN2CCN(Cc3ccc(Cl)cc3Cl)CC2)c(C(=O)OC)c1C. The Labute approximate surface area is 206 Å². The van der Waals surface area contributed by atoms with Crippen LogP contribution in [0.15, 0.2) is 18.2 Å².